The lowest BCUT2D eigenvalue weighted by Gasteiger charge is -2.02. The van der Waals surface area contributed by atoms with Gasteiger partial charge in [-0.05, 0) is 23.8 Å². The molecule has 0 amide bonds. The van der Waals surface area contributed by atoms with E-state index in [9.17, 15) is 0 Å². The average Bonchev–Trinajstić information content (AvgIpc) is 2.77. The molecular weight excluding hydrogens is 222 g/mol. The Bertz CT molecular complexity index is 696. The number of ether oxygens (including phenoxy) is 1. The molecule has 2 heteroatoms. The molecule has 0 saturated carbocycles. The van der Waals surface area contributed by atoms with Crippen LogP contribution in [0.4, 0.5) is 0 Å². The highest BCUT2D eigenvalue weighted by Gasteiger charge is 2.04. The lowest BCUT2D eigenvalue weighted by molar-refractivity contribution is 0.149. The molecule has 3 rings (SSSR count). The maximum Gasteiger partial charge on any atom is 0.0721 e. The van der Waals surface area contributed by atoms with Crippen molar-refractivity contribution in [2.24, 2.45) is 0 Å². The van der Waals surface area contributed by atoms with E-state index in [-0.39, 0.29) is 0 Å². The predicted octanol–water partition coefficient (Wildman–Crippen LogP) is 4.02. The molecule has 2 aromatic carbocycles. The normalized spacial score (nSPS) is 11.1. The van der Waals surface area contributed by atoms with Crippen molar-refractivity contribution in [3.05, 3.63) is 60.7 Å². The van der Waals surface area contributed by atoms with E-state index in [0.29, 0.717) is 13.2 Å². The van der Waals surface area contributed by atoms with E-state index in [4.69, 9.17) is 4.74 Å². The summed E-state index contributed by atoms with van der Waals surface area (Å²) in [6.45, 7) is 4.86. The van der Waals surface area contributed by atoms with Crippen LogP contribution in [0.3, 0.4) is 0 Å². The summed E-state index contributed by atoms with van der Waals surface area (Å²) in [6.07, 6.45) is 1.77. The van der Waals surface area contributed by atoms with E-state index in [1.807, 2.05) is 6.07 Å². The van der Waals surface area contributed by atoms with Crippen molar-refractivity contribution in [2.75, 3.05) is 6.61 Å². The van der Waals surface area contributed by atoms with E-state index in [1.54, 1.807) is 6.08 Å². The van der Waals surface area contributed by atoms with Gasteiger partial charge in [-0.2, -0.15) is 0 Å². The van der Waals surface area contributed by atoms with Crippen molar-refractivity contribution in [1.29, 1.82) is 0 Å². The highest BCUT2D eigenvalue weighted by molar-refractivity contribution is 6.07. The maximum atomic E-state index is 5.48. The number of para-hydroxylation sites is 1. The summed E-state index contributed by atoms with van der Waals surface area (Å²) in [5.41, 5.74) is 3.54. The molecule has 0 aliphatic rings. The molecule has 1 N–H and O–H groups in total. The minimum absolute atomic E-state index is 0.589. The van der Waals surface area contributed by atoms with Gasteiger partial charge in [-0.1, -0.05) is 30.3 Å². The summed E-state index contributed by atoms with van der Waals surface area (Å²) in [5.74, 6) is 0. The number of benzene rings is 2. The molecule has 0 fully saturated rings. The zero-order valence-electron chi connectivity index (χ0n) is 10.1. The number of H-pyrrole nitrogens is 1. The molecule has 0 atom stereocenters. The van der Waals surface area contributed by atoms with Gasteiger partial charge in [-0.3, -0.25) is 0 Å². The first kappa shape index (κ1) is 11.1. The van der Waals surface area contributed by atoms with Crippen LogP contribution in [0.25, 0.3) is 21.8 Å². The van der Waals surface area contributed by atoms with Crippen LogP contribution in [0.1, 0.15) is 5.56 Å². The fourth-order valence-electron chi connectivity index (χ4n) is 2.25. The first-order chi connectivity index (χ1) is 8.88. The number of hydrogen-bond donors (Lipinski definition) is 1. The zero-order chi connectivity index (χ0) is 12.4. The summed E-state index contributed by atoms with van der Waals surface area (Å²) < 4.78 is 5.48. The second-order valence-corrected chi connectivity index (χ2v) is 4.35. The number of rotatable bonds is 4. The Morgan fingerprint density at radius 3 is 2.78 bits per heavy atom. The maximum absolute atomic E-state index is 5.48. The van der Waals surface area contributed by atoms with Crippen LogP contribution in [-0.4, -0.2) is 11.6 Å². The molecule has 0 spiro atoms. The molecular formula is C16H15NO. The number of nitrogens with one attached hydrogen (secondary N) is 1. The second-order valence-electron chi connectivity index (χ2n) is 4.35. The Balaban J connectivity index is 2.04. The minimum atomic E-state index is 0.589. The lowest BCUT2D eigenvalue weighted by Crippen LogP contribution is -1.91. The number of aromatic amines is 1. The summed E-state index contributed by atoms with van der Waals surface area (Å²) in [5, 5.41) is 2.52. The smallest absolute Gasteiger partial charge is 0.0721 e. The van der Waals surface area contributed by atoms with E-state index in [0.717, 1.165) is 0 Å². The van der Waals surface area contributed by atoms with Crippen LogP contribution >= 0.6 is 0 Å². The summed E-state index contributed by atoms with van der Waals surface area (Å²) >= 11 is 0. The first-order valence-electron chi connectivity index (χ1n) is 6.06. The van der Waals surface area contributed by atoms with Gasteiger partial charge in [0.1, 0.15) is 0 Å². The first-order valence-corrected chi connectivity index (χ1v) is 6.06. The molecule has 0 radical (unpaired) electrons. The molecule has 18 heavy (non-hydrogen) atoms. The van der Waals surface area contributed by atoms with Gasteiger partial charge in [-0.25, -0.2) is 0 Å². The quantitative estimate of drug-likeness (QED) is 0.538. The third-order valence-corrected chi connectivity index (χ3v) is 3.07. The summed E-state index contributed by atoms with van der Waals surface area (Å²) in [6, 6.07) is 14.8. The van der Waals surface area contributed by atoms with Gasteiger partial charge in [0.2, 0.25) is 0 Å². The number of hydrogen-bond acceptors (Lipinski definition) is 1. The number of aromatic nitrogens is 1. The molecule has 2 nitrogen and oxygen atoms in total. The van der Waals surface area contributed by atoms with Crippen molar-refractivity contribution in [3.8, 4) is 0 Å². The van der Waals surface area contributed by atoms with Crippen molar-refractivity contribution < 1.29 is 4.74 Å². The monoisotopic (exact) mass is 237 g/mol. The molecule has 0 unspecified atom stereocenters. The summed E-state index contributed by atoms with van der Waals surface area (Å²) in [7, 11) is 0. The van der Waals surface area contributed by atoms with Gasteiger partial charge in [0.15, 0.2) is 0 Å². The molecule has 90 valence electrons. The van der Waals surface area contributed by atoms with Crippen LogP contribution in [0, 0.1) is 0 Å². The molecule has 0 aliphatic carbocycles. The fourth-order valence-corrected chi connectivity index (χ4v) is 2.25. The second kappa shape index (κ2) is 4.67. The van der Waals surface area contributed by atoms with Crippen molar-refractivity contribution in [2.45, 2.75) is 6.61 Å². The molecule has 0 bridgehead atoms. The van der Waals surface area contributed by atoms with E-state index in [1.165, 1.54) is 27.4 Å². The van der Waals surface area contributed by atoms with Crippen molar-refractivity contribution >= 4 is 21.8 Å². The molecule has 1 heterocycles. The van der Waals surface area contributed by atoms with Crippen LogP contribution in [0.2, 0.25) is 0 Å². The van der Waals surface area contributed by atoms with Gasteiger partial charge in [-0.15, -0.1) is 6.58 Å². The van der Waals surface area contributed by atoms with Gasteiger partial charge in [0.25, 0.3) is 0 Å². The number of fused-ring (bicyclic) bond motifs is 3. The van der Waals surface area contributed by atoms with Gasteiger partial charge in [0.05, 0.1) is 13.2 Å². The molecule has 1 aromatic heterocycles. The van der Waals surface area contributed by atoms with Crippen molar-refractivity contribution in [1.82, 2.24) is 4.98 Å². The van der Waals surface area contributed by atoms with E-state index < -0.39 is 0 Å². The van der Waals surface area contributed by atoms with Crippen molar-refractivity contribution in [3.63, 3.8) is 0 Å². The highest BCUT2D eigenvalue weighted by Crippen LogP contribution is 2.26. The van der Waals surface area contributed by atoms with Crippen LogP contribution in [0.15, 0.2) is 55.1 Å². The Hall–Kier alpha value is -2.06. The third-order valence-electron chi connectivity index (χ3n) is 3.07. The zero-order valence-corrected chi connectivity index (χ0v) is 10.1. The SMILES string of the molecule is C=CCOCc1ccc2[nH]c3ccccc3c2c1. The Morgan fingerprint density at radius 1 is 1.06 bits per heavy atom. The Kier molecular flexibility index (Phi) is 2.87. The summed E-state index contributed by atoms with van der Waals surface area (Å²) in [4.78, 5) is 3.42. The Morgan fingerprint density at radius 2 is 1.89 bits per heavy atom. The highest BCUT2D eigenvalue weighted by atomic mass is 16.5. The van der Waals surface area contributed by atoms with Gasteiger partial charge >= 0.3 is 0 Å². The molecule has 3 aromatic rings. The standard InChI is InChI=1S/C16H15NO/c1-2-9-18-11-12-7-8-16-14(10-12)13-5-3-4-6-15(13)17-16/h2-8,10,17H,1,9,11H2. The average molecular weight is 237 g/mol. The minimum Gasteiger partial charge on any atom is -0.373 e. The van der Waals surface area contributed by atoms with E-state index in [2.05, 4.69) is 48.0 Å². The molecule has 0 saturated heterocycles. The largest absolute Gasteiger partial charge is 0.373 e. The van der Waals surface area contributed by atoms with Gasteiger partial charge < -0.3 is 9.72 Å². The lowest BCUT2D eigenvalue weighted by atomic mass is 10.1. The van der Waals surface area contributed by atoms with Crippen LogP contribution in [-0.2, 0) is 11.3 Å². The fraction of sp³-hybridized carbons (Fsp3) is 0.125. The molecule has 0 aliphatic heterocycles. The van der Waals surface area contributed by atoms with E-state index >= 15 is 0 Å². The topological polar surface area (TPSA) is 25.0 Å². The van der Waals surface area contributed by atoms with Crippen LogP contribution in [0.5, 0.6) is 0 Å². The van der Waals surface area contributed by atoms with Gasteiger partial charge in [0, 0.05) is 21.8 Å². The Labute approximate surface area is 106 Å². The van der Waals surface area contributed by atoms with Crippen LogP contribution < -0.4 is 0 Å². The predicted molar refractivity (Wildman–Crippen MR) is 75.7 cm³/mol. The third kappa shape index (κ3) is 1.91.